The molecular weight excluding hydrogens is 633 g/mol. The monoisotopic (exact) mass is 666 g/mol. The van der Waals surface area contributed by atoms with Crippen LogP contribution in [0.25, 0.3) is 77.8 Å². The minimum absolute atomic E-state index is 0.549. The maximum absolute atomic E-state index is 5.70. The van der Waals surface area contributed by atoms with Gasteiger partial charge in [0.1, 0.15) is 17.2 Å². The second kappa shape index (κ2) is 12.1. The van der Waals surface area contributed by atoms with Crippen LogP contribution < -0.4 is 14.2 Å². The summed E-state index contributed by atoms with van der Waals surface area (Å²) in [6.45, 7) is 2.06. The average molecular weight is 667 g/mol. The minimum Gasteiger partial charge on any atom is -0.497 e. The number of hydrogen-bond acceptors (Lipinski definition) is 5. The average Bonchev–Trinajstić information content (AvgIpc) is 3.70. The molecule has 7 nitrogen and oxygen atoms in total. The molecule has 0 radical (unpaired) electrons. The Morgan fingerprint density at radius 3 is 1.53 bits per heavy atom. The molecule has 9 aromatic rings. The highest BCUT2D eigenvalue weighted by Gasteiger charge is 2.23. The maximum Gasteiger partial charge on any atom is 0.235 e. The van der Waals surface area contributed by atoms with Crippen LogP contribution in [0.2, 0.25) is 0 Å². The Hall–Kier alpha value is -6.60. The van der Waals surface area contributed by atoms with Gasteiger partial charge in [-0.25, -0.2) is 9.97 Å². The Bertz CT molecular complexity index is 2760. The largest absolute Gasteiger partial charge is 0.497 e. The predicted molar refractivity (Wildman–Crippen MR) is 206 cm³/mol. The summed E-state index contributed by atoms with van der Waals surface area (Å²) in [5.74, 6) is 2.66. The van der Waals surface area contributed by atoms with Gasteiger partial charge in [0.25, 0.3) is 0 Å². The van der Waals surface area contributed by atoms with Crippen LogP contribution in [0.1, 0.15) is 5.56 Å². The molecule has 3 heterocycles. The van der Waals surface area contributed by atoms with E-state index in [9.17, 15) is 0 Å². The first-order chi connectivity index (χ1) is 25.0. The molecule has 3 aromatic heterocycles. The molecule has 51 heavy (non-hydrogen) atoms. The van der Waals surface area contributed by atoms with E-state index in [1.54, 1.807) is 21.3 Å². The standard InChI is InChI=1S/C44H34N4O3/c1-27-20-28(22-31(21-27)49-2)38-26-39(29-23-32(50-3)25-33(24-29)51-4)46-44(45-38)48-41-17-11-9-15-35(41)37-19-18-36-34-14-8-10-16-40(34)47(42(36)43(37)48)30-12-6-5-7-13-30/h5-26H,1-4H3. The predicted octanol–water partition coefficient (Wildman–Crippen LogP) is 10.3. The number of aromatic nitrogens is 4. The van der Waals surface area contributed by atoms with Crippen LogP contribution in [0.5, 0.6) is 17.2 Å². The highest BCUT2D eigenvalue weighted by molar-refractivity contribution is 6.23. The van der Waals surface area contributed by atoms with Crippen LogP contribution in [0.15, 0.2) is 133 Å². The fourth-order valence-electron chi connectivity index (χ4n) is 7.35. The third kappa shape index (κ3) is 4.97. The second-order valence-electron chi connectivity index (χ2n) is 12.7. The molecule has 6 aromatic carbocycles. The Morgan fingerprint density at radius 2 is 0.941 bits per heavy atom. The van der Waals surface area contributed by atoms with E-state index in [0.717, 1.165) is 77.7 Å². The number of methoxy groups -OCH3 is 3. The van der Waals surface area contributed by atoms with Crippen molar-refractivity contribution in [1.29, 1.82) is 0 Å². The zero-order valence-corrected chi connectivity index (χ0v) is 28.7. The number of ether oxygens (including phenoxy) is 3. The summed E-state index contributed by atoms with van der Waals surface area (Å²) in [5.41, 5.74) is 9.69. The summed E-state index contributed by atoms with van der Waals surface area (Å²) in [4.78, 5) is 10.7. The number of rotatable bonds is 7. The van der Waals surface area contributed by atoms with Gasteiger partial charge in [0, 0.05) is 44.4 Å². The van der Waals surface area contributed by atoms with E-state index in [-0.39, 0.29) is 0 Å². The summed E-state index contributed by atoms with van der Waals surface area (Å²) in [6.07, 6.45) is 0. The molecule has 0 bridgehead atoms. The molecule has 0 fully saturated rings. The normalized spacial score (nSPS) is 11.5. The van der Waals surface area contributed by atoms with Crippen LogP contribution >= 0.6 is 0 Å². The topological polar surface area (TPSA) is 63.3 Å². The summed E-state index contributed by atoms with van der Waals surface area (Å²) in [7, 11) is 5.00. The van der Waals surface area contributed by atoms with Crippen molar-refractivity contribution in [2.24, 2.45) is 0 Å². The smallest absolute Gasteiger partial charge is 0.235 e. The highest BCUT2D eigenvalue weighted by Crippen LogP contribution is 2.42. The molecule has 7 heteroatoms. The van der Waals surface area contributed by atoms with Gasteiger partial charge in [0.15, 0.2) is 0 Å². The lowest BCUT2D eigenvalue weighted by Crippen LogP contribution is -2.05. The Morgan fingerprint density at radius 1 is 0.451 bits per heavy atom. The van der Waals surface area contributed by atoms with Gasteiger partial charge >= 0.3 is 0 Å². The van der Waals surface area contributed by atoms with E-state index in [1.165, 1.54) is 5.39 Å². The molecule has 248 valence electrons. The van der Waals surface area contributed by atoms with E-state index >= 15 is 0 Å². The summed E-state index contributed by atoms with van der Waals surface area (Å²) < 4.78 is 21.7. The van der Waals surface area contributed by atoms with Crippen molar-refractivity contribution in [2.45, 2.75) is 6.92 Å². The Balaban J connectivity index is 1.45. The van der Waals surface area contributed by atoms with Crippen LogP contribution in [-0.4, -0.2) is 40.4 Å². The number of fused-ring (bicyclic) bond motifs is 7. The molecule has 9 rings (SSSR count). The van der Waals surface area contributed by atoms with E-state index in [4.69, 9.17) is 24.2 Å². The first-order valence-electron chi connectivity index (χ1n) is 16.8. The van der Waals surface area contributed by atoms with Gasteiger partial charge in [0.05, 0.1) is 54.8 Å². The third-order valence-electron chi connectivity index (χ3n) is 9.63. The lowest BCUT2D eigenvalue weighted by Gasteiger charge is -2.15. The lowest BCUT2D eigenvalue weighted by atomic mass is 10.0. The van der Waals surface area contributed by atoms with Crippen LogP contribution in [0.3, 0.4) is 0 Å². The number of benzene rings is 6. The molecule has 0 N–H and O–H groups in total. The van der Waals surface area contributed by atoms with Gasteiger partial charge in [-0.15, -0.1) is 0 Å². The van der Waals surface area contributed by atoms with Gasteiger partial charge in [-0.05, 0) is 73.2 Å². The van der Waals surface area contributed by atoms with Crippen molar-refractivity contribution in [3.63, 3.8) is 0 Å². The van der Waals surface area contributed by atoms with Crippen molar-refractivity contribution in [1.82, 2.24) is 19.1 Å². The molecule has 0 saturated heterocycles. The lowest BCUT2D eigenvalue weighted by molar-refractivity contribution is 0.394. The van der Waals surface area contributed by atoms with Crippen molar-refractivity contribution < 1.29 is 14.2 Å². The molecule has 0 aliphatic carbocycles. The van der Waals surface area contributed by atoms with Crippen molar-refractivity contribution >= 4 is 43.6 Å². The minimum atomic E-state index is 0.549. The molecular formula is C44H34N4O3. The first kappa shape index (κ1) is 30.5. The third-order valence-corrected chi connectivity index (χ3v) is 9.63. The molecule has 0 atom stereocenters. The van der Waals surface area contributed by atoms with E-state index in [2.05, 4.69) is 113 Å². The van der Waals surface area contributed by atoms with Crippen LogP contribution in [-0.2, 0) is 0 Å². The Kier molecular flexibility index (Phi) is 7.21. The Labute approximate surface area is 294 Å². The molecule has 0 spiro atoms. The SMILES string of the molecule is COc1cc(C)cc(-c2cc(-c3cc(OC)cc(OC)c3)nc(-n3c4ccccc4c4ccc5c6ccccc6n(-c6ccccc6)c5c43)n2)c1. The molecule has 0 aliphatic rings. The van der Waals surface area contributed by atoms with Gasteiger partial charge in [0.2, 0.25) is 5.95 Å². The fraction of sp³-hybridized carbons (Fsp3) is 0.0909. The highest BCUT2D eigenvalue weighted by atomic mass is 16.5. The quantitative estimate of drug-likeness (QED) is 0.169. The van der Waals surface area contributed by atoms with E-state index in [1.807, 2.05) is 36.4 Å². The number of para-hydroxylation sites is 3. The van der Waals surface area contributed by atoms with Crippen molar-refractivity contribution in [3.05, 3.63) is 139 Å². The maximum atomic E-state index is 5.70. The summed E-state index contributed by atoms with van der Waals surface area (Å²) >= 11 is 0. The fourth-order valence-corrected chi connectivity index (χ4v) is 7.35. The second-order valence-corrected chi connectivity index (χ2v) is 12.7. The number of hydrogen-bond donors (Lipinski definition) is 0. The van der Waals surface area contributed by atoms with Gasteiger partial charge in [-0.2, -0.15) is 0 Å². The van der Waals surface area contributed by atoms with Gasteiger partial charge in [-0.3, -0.25) is 4.57 Å². The molecule has 0 saturated carbocycles. The summed E-state index contributed by atoms with van der Waals surface area (Å²) in [6, 6.07) is 46.1. The van der Waals surface area contributed by atoms with Crippen LogP contribution in [0, 0.1) is 6.92 Å². The van der Waals surface area contributed by atoms with Gasteiger partial charge in [-0.1, -0.05) is 66.7 Å². The summed E-state index contributed by atoms with van der Waals surface area (Å²) in [5, 5.41) is 4.58. The molecule has 0 amide bonds. The van der Waals surface area contributed by atoms with E-state index in [0.29, 0.717) is 17.4 Å². The number of nitrogens with zero attached hydrogens (tertiary/aromatic N) is 4. The first-order valence-corrected chi connectivity index (χ1v) is 16.8. The molecule has 0 aliphatic heterocycles. The zero-order valence-electron chi connectivity index (χ0n) is 28.7. The number of aryl methyl sites for hydroxylation is 1. The van der Waals surface area contributed by atoms with Gasteiger partial charge < -0.3 is 18.8 Å². The molecule has 0 unspecified atom stereocenters. The van der Waals surface area contributed by atoms with Crippen molar-refractivity contribution in [2.75, 3.05) is 21.3 Å². The van der Waals surface area contributed by atoms with Crippen LogP contribution in [0.4, 0.5) is 0 Å². The van der Waals surface area contributed by atoms with Crippen molar-refractivity contribution in [3.8, 4) is 51.4 Å². The van der Waals surface area contributed by atoms with E-state index < -0.39 is 0 Å². The zero-order chi connectivity index (χ0) is 34.6.